The van der Waals surface area contributed by atoms with Gasteiger partial charge in [0.05, 0.1) is 12.1 Å². The van der Waals surface area contributed by atoms with E-state index < -0.39 is 11.9 Å². The van der Waals surface area contributed by atoms with Crippen LogP contribution >= 0.6 is 0 Å². The molecule has 8 nitrogen and oxygen atoms in total. The van der Waals surface area contributed by atoms with Crippen molar-refractivity contribution in [2.45, 2.75) is 13.5 Å². The summed E-state index contributed by atoms with van der Waals surface area (Å²) in [5.41, 5.74) is 10.8. The van der Waals surface area contributed by atoms with Crippen LogP contribution in [0.1, 0.15) is 28.7 Å². The second kappa shape index (κ2) is 8.07. The van der Waals surface area contributed by atoms with Crippen LogP contribution in [0.5, 0.6) is 0 Å². The first-order valence-corrected chi connectivity index (χ1v) is 8.23. The molecule has 3 rings (SSSR count). The number of fused-ring (bicyclic) bond motifs is 1. The molecule has 0 aliphatic carbocycles. The van der Waals surface area contributed by atoms with E-state index in [9.17, 15) is 9.59 Å². The predicted octanol–water partition coefficient (Wildman–Crippen LogP) is 4.31. The van der Waals surface area contributed by atoms with Crippen LogP contribution in [-0.2, 0) is 16.1 Å². The summed E-state index contributed by atoms with van der Waals surface area (Å²) < 4.78 is 12.6. The Morgan fingerprint density at radius 1 is 1.30 bits per heavy atom. The van der Waals surface area contributed by atoms with Gasteiger partial charge < -0.3 is 13.7 Å². The zero-order chi connectivity index (χ0) is 19.2. The fraction of sp³-hybridized carbons (Fsp3) is 0.158. The van der Waals surface area contributed by atoms with Crippen LogP contribution in [-0.4, -0.2) is 23.1 Å². The van der Waals surface area contributed by atoms with E-state index in [-0.39, 0.29) is 6.61 Å². The van der Waals surface area contributed by atoms with Gasteiger partial charge in [-0.05, 0) is 35.3 Å². The zero-order valence-corrected chi connectivity index (χ0v) is 14.5. The first-order valence-electron chi connectivity index (χ1n) is 8.23. The monoisotopic (exact) mass is 364 g/mol. The van der Waals surface area contributed by atoms with E-state index in [2.05, 4.69) is 10.0 Å². The van der Waals surface area contributed by atoms with Gasteiger partial charge in [0.25, 0.3) is 0 Å². The number of nitrogens with zero attached hydrogens (tertiary/aromatic N) is 4. The molecule has 3 aromatic rings. The molecule has 27 heavy (non-hydrogen) atoms. The summed E-state index contributed by atoms with van der Waals surface area (Å²) in [5, 5.41) is 2.96. The van der Waals surface area contributed by atoms with Crippen molar-refractivity contribution in [3.05, 3.63) is 76.0 Å². The third-order valence-electron chi connectivity index (χ3n) is 3.81. The zero-order valence-electron chi connectivity index (χ0n) is 14.5. The maximum absolute atomic E-state index is 12.3. The standard InChI is InChI=1S/C19H16N4O4/c1-2-26-19(25)16-11-17-15(23(16)12-13-6-4-3-5-7-13)10-14(27-17)8-9-18(24)21-22-20/h3-11H,2,12H2,1H3/b9-8+. The normalized spacial score (nSPS) is 10.9. The number of hydrogen-bond donors (Lipinski definition) is 0. The van der Waals surface area contributed by atoms with E-state index in [4.69, 9.17) is 14.7 Å². The van der Waals surface area contributed by atoms with E-state index in [0.717, 1.165) is 11.6 Å². The highest BCUT2D eigenvalue weighted by molar-refractivity contribution is 5.95. The summed E-state index contributed by atoms with van der Waals surface area (Å²) in [5.74, 6) is -0.757. The highest BCUT2D eigenvalue weighted by Crippen LogP contribution is 2.26. The maximum atomic E-state index is 12.3. The number of aromatic nitrogens is 1. The topological polar surface area (TPSA) is 110 Å². The highest BCUT2D eigenvalue weighted by Gasteiger charge is 2.19. The van der Waals surface area contributed by atoms with Gasteiger partial charge in [-0.2, -0.15) is 0 Å². The quantitative estimate of drug-likeness (QED) is 0.213. The number of benzene rings is 1. The lowest BCUT2D eigenvalue weighted by molar-refractivity contribution is -0.113. The number of azide groups is 1. The highest BCUT2D eigenvalue weighted by atomic mass is 16.5. The molecular weight excluding hydrogens is 348 g/mol. The number of hydrogen-bond acceptors (Lipinski definition) is 4. The third-order valence-corrected chi connectivity index (χ3v) is 3.81. The van der Waals surface area contributed by atoms with E-state index in [1.54, 1.807) is 23.6 Å². The molecule has 0 unspecified atom stereocenters. The average molecular weight is 364 g/mol. The first-order chi connectivity index (χ1) is 13.1. The number of esters is 1. The van der Waals surface area contributed by atoms with Crippen molar-refractivity contribution in [2.24, 2.45) is 5.11 Å². The smallest absolute Gasteiger partial charge is 0.355 e. The SMILES string of the molecule is CCOC(=O)c1cc2oc(/C=C/C(=O)N=[N+]=[N-])cc2n1Cc1ccccc1. The molecule has 0 saturated carbocycles. The van der Waals surface area contributed by atoms with Gasteiger partial charge in [0.2, 0.25) is 5.91 Å². The molecule has 1 amide bonds. The van der Waals surface area contributed by atoms with Crippen molar-refractivity contribution in [1.82, 2.24) is 4.57 Å². The summed E-state index contributed by atoms with van der Waals surface area (Å²) in [4.78, 5) is 26.0. The van der Waals surface area contributed by atoms with E-state index in [0.29, 0.717) is 29.1 Å². The number of carbonyl (C=O) groups excluding carboxylic acids is 2. The lowest BCUT2D eigenvalue weighted by Gasteiger charge is -2.09. The van der Waals surface area contributed by atoms with Gasteiger partial charge in [-0.25, -0.2) is 4.79 Å². The van der Waals surface area contributed by atoms with Crippen molar-refractivity contribution in [3.8, 4) is 0 Å². The minimum Gasteiger partial charge on any atom is -0.461 e. The molecule has 0 spiro atoms. The van der Waals surface area contributed by atoms with Crippen LogP contribution in [0.4, 0.5) is 0 Å². The van der Waals surface area contributed by atoms with Gasteiger partial charge in [0.1, 0.15) is 11.5 Å². The number of carbonyl (C=O) groups is 2. The van der Waals surface area contributed by atoms with Crippen LogP contribution in [0.25, 0.3) is 27.6 Å². The lowest BCUT2D eigenvalue weighted by atomic mass is 10.2. The number of ether oxygens (including phenoxy) is 1. The molecule has 2 aromatic heterocycles. The minimum atomic E-state index is -0.724. The molecule has 0 aliphatic rings. The van der Waals surface area contributed by atoms with Crippen molar-refractivity contribution >= 4 is 29.1 Å². The maximum Gasteiger partial charge on any atom is 0.355 e. The Morgan fingerprint density at radius 2 is 2.07 bits per heavy atom. The lowest BCUT2D eigenvalue weighted by Crippen LogP contribution is -2.12. The molecule has 0 saturated heterocycles. The number of amides is 1. The van der Waals surface area contributed by atoms with Gasteiger partial charge >= 0.3 is 5.97 Å². The summed E-state index contributed by atoms with van der Waals surface area (Å²) in [6, 6.07) is 13.0. The molecule has 136 valence electrons. The van der Waals surface area contributed by atoms with Crippen LogP contribution < -0.4 is 0 Å². The second-order valence-electron chi connectivity index (χ2n) is 5.58. The molecule has 0 atom stereocenters. The van der Waals surface area contributed by atoms with Crippen molar-refractivity contribution in [1.29, 1.82) is 0 Å². The van der Waals surface area contributed by atoms with Crippen molar-refractivity contribution < 1.29 is 18.7 Å². The van der Waals surface area contributed by atoms with Gasteiger partial charge in [-0.1, -0.05) is 30.3 Å². The Morgan fingerprint density at radius 3 is 2.78 bits per heavy atom. The van der Waals surface area contributed by atoms with Gasteiger partial charge in [0.15, 0.2) is 5.58 Å². The van der Waals surface area contributed by atoms with Crippen LogP contribution in [0.15, 0.2) is 58.1 Å². The third kappa shape index (κ3) is 4.08. The summed E-state index contributed by atoms with van der Waals surface area (Å²) in [6.07, 6.45) is 2.53. The molecule has 1 aromatic carbocycles. The summed E-state index contributed by atoms with van der Waals surface area (Å²) in [6.45, 7) is 2.47. The molecule has 0 aliphatic heterocycles. The Balaban J connectivity index is 2.01. The molecule has 0 radical (unpaired) electrons. The Labute approximate surface area is 154 Å². The number of furan rings is 1. The molecule has 2 heterocycles. The van der Waals surface area contributed by atoms with E-state index in [1.165, 1.54) is 6.08 Å². The Kier molecular flexibility index (Phi) is 5.39. The second-order valence-corrected chi connectivity index (χ2v) is 5.58. The predicted molar refractivity (Wildman–Crippen MR) is 98.9 cm³/mol. The molecular formula is C19H16N4O4. The molecule has 0 bridgehead atoms. The summed E-state index contributed by atoms with van der Waals surface area (Å²) >= 11 is 0. The van der Waals surface area contributed by atoms with E-state index >= 15 is 0 Å². The van der Waals surface area contributed by atoms with Gasteiger partial charge in [0, 0.05) is 23.6 Å². The van der Waals surface area contributed by atoms with Gasteiger partial charge in [-0.3, -0.25) is 4.79 Å². The Bertz CT molecular complexity index is 1060. The average Bonchev–Trinajstić information content (AvgIpc) is 3.20. The minimum absolute atomic E-state index is 0.270. The Hall–Kier alpha value is -3.77. The van der Waals surface area contributed by atoms with Crippen LogP contribution in [0, 0.1) is 0 Å². The largest absolute Gasteiger partial charge is 0.461 e. The van der Waals surface area contributed by atoms with E-state index in [1.807, 2.05) is 30.3 Å². The van der Waals surface area contributed by atoms with Crippen LogP contribution in [0.2, 0.25) is 0 Å². The van der Waals surface area contributed by atoms with Crippen molar-refractivity contribution in [3.63, 3.8) is 0 Å². The van der Waals surface area contributed by atoms with Crippen LogP contribution in [0.3, 0.4) is 0 Å². The number of rotatable bonds is 6. The first kappa shape index (κ1) is 18.0. The molecule has 8 heteroatoms. The molecule has 0 fully saturated rings. The van der Waals surface area contributed by atoms with Crippen molar-refractivity contribution in [2.75, 3.05) is 6.61 Å². The fourth-order valence-electron chi connectivity index (χ4n) is 2.68. The fourth-order valence-corrected chi connectivity index (χ4v) is 2.68. The van der Waals surface area contributed by atoms with Gasteiger partial charge in [-0.15, -0.1) is 0 Å². The molecule has 0 N–H and O–H groups in total. The summed E-state index contributed by atoms with van der Waals surface area (Å²) in [7, 11) is 0.